The van der Waals surface area contributed by atoms with Crippen LogP contribution in [0.1, 0.15) is 41.2 Å². The second-order valence-corrected chi connectivity index (χ2v) is 9.01. The first kappa shape index (κ1) is 21.6. The average molecular weight is 440 g/mol. The minimum absolute atomic E-state index is 0.119. The van der Waals surface area contributed by atoms with Crippen LogP contribution in [-0.2, 0) is 18.7 Å². The molecule has 0 aromatic carbocycles. The fourth-order valence-corrected chi connectivity index (χ4v) is 4.37. The highest BCUT2D eigenvalue weighted by atomic mass is 32.2. The van der Waals surface area contributed by atoms with Crippen LogP contribution in [0.4, 0.5) is 5.95 Å². The first-order valence-electron chi connectivity index (χ1n) is 10.8. The summed E-state index contributed by atoms with van der Waals surface area (Å²) in [5, 5.41) is 3.19. The molecule has 0 saturated carbocycles. The fraction of sp³-hybridized carbons (Fsp3) is 0.435. The molecule has 1 saturated heterocycles. The van der Waals surface area contributed by atoms with Crippen LogP contribution >= 0.6 is 11.8 Å². The summed E-state index contributed by atoms with van der Waals surface area (Å²) in [5.74, 6) is 4.31. The summed E-state index contributed by atoms with van der Waals surface area (Å²) in [6.45, 7) is 5.93. The van der Waals surface area contributed by atoms with Crippen LogP contribution in [0.5, 0.6) is 0 Å². The Morgan fingerprint density at radius 2 is 1.97 bits per heavy atom. The van der Waals surface area contributed by atoms with Gasteiger partial charge in [-0.3, -0.25) is 19.7 Å². The van der Waals surface area contributed by atoms with Gasteiger partial charge in [-0.1, -0.05) is 6.07 Å². The molecular formula is C23H29N5O2S. The second kappa shape index (κ2) is 10.6. The number of hydrogen-bond donors (Lipinski definition) is 2. The van der Waals surface area contributed by atoms with Crippen molar-refractivity contribution in [1.29, 1.82) is 0 Å². The Morgan fingerprint density at radius 3 is 2.74 bits per heavy atom. The van der Waals surface area contributed by atoms with Crippen molar-refractivity contribution in [2.24, 2.45) is 0 Å². The van der Waals surface area contributed by atoms with E-state index in [4.69, 9.17) is 4.42 Å². The molecule has 1 fully saturated rings. The van der Waals surface area contributed by atoms with E-state index in [2.05, 4.69) is 37.3 Å². The standard InChI is InChI=1S/C23H29N5O2S/c1-17-4-5-18(13-25-17)12-19-14-26-23(27-22(19)29)24-8-11-31-16-21-7-6-20(30-21)15-28-9-2-3-10-28/h4-7,13-14H,2-3,8-12,15-16H2,1H3,(H2,24,26,27,29). The molecule has 2 N–H and O–H groups in total. The number of aromatic nitrogens is 3. The molecule has 0 bridgehead atoms. The van der Waals surface area contributed by atoms with E-state index in [0.29, 0.717) is 17.9 Å². The van der Waals surface area contributed by atoms with Gasteiger partial charge in [-0.2, -0.15) is 11.8 Å². The molecule has 0 spiro atoms. The Hall–Kier alpha value is -2.58. The minimum atomic E-state index is -0.119. The predicted octanol–water partition coefficient (Wildman–Crippen LogP) is 3.60. The molecule has 3 aromatic rings. The maximum Gasteiger partial charge on any atom is 0.255 e. The van der Waals surface area contributed by atoms with E-state index >= 15 is 0 Å². The number of pyridine rings is 1. The maximum atomic E-state index is 12.3. The Bertz CT molecular complexity index is 1020. The molecular weight excluding hydrogens is 410 g/mol. The third-order valence-corrected chi connectivity index (χ3v) is 6.30. The third kappa shape index (κ3) is 6.45. The molecule has 0 unspecified atom stereocenters. The zero-order chi connectivity index (χ0) is 21.5. The molecule has 1 aliphatic rings. The van der Waals surface area contributed by atoms with Gasteiger partial charge in [-0.15, -0.1) is 0 Å². The van der Waals surface area contributed by atoms with E-state index in [1.807, 2.05) is 19.1 Å². The van der Waals surface area contributed by atoms with Crippen LogP contribution in [0.25, 0.3) is 0 Å². The molecule has 164 valence electrons. The predicted molar refractivity (Wildman–Crippen MR) is 125 cm³/mol. The SMILES string of the molecule is Cc1ccc(Cc2cnc(NCCSCc3ccc(CN4CCCC4)o3)[nH]c2=O)cn1. The summed E-state index contributed by atoms with van der Waals surface area (Å²) in [6, 6.07) is 8.10. The highest BCUT2D eigenvalue weighted by molar-refractivity contribution is 7.98. The summed E-state index contributed by atoms with van der Waals surface area (Å²) in [5.41, 5.74) is 2.47. The Labute approximate surface area is 186 Å². The second-order valence-electron chi connectivity index (χ2n) is 7.90. The van der Waals surface area contributed by atoms with Gasteiger partial charge in [-0.05, 0) is 56.6 Å². The lowest BCUT2D eigenvalue weighted by Gasteiger charge is -2.11. The molecule has 0 amide bonds. The summed E-state index contributed by atoms with van der Waals surface area (Å²) in [6.07, 6.45) is 6.55. The lowest BCUT2D eigenvalue weighted by atomic mass is 10.1. The van der Waals surface area contributed by atoms with Gasteiger partial charge in [-0.25, -0.2) is 4.98 Å². The molecule has 4 rings (SSSR count). The quantitative estimate of drug-likeness (QED) is 0.467. The van der Waals surface area contributed by atoms with E-state index < -0.39 is 0 Å². The summed E-state index contributed by atoms with van der Waals surface area (Å²) >= 11 is 1.80. The zero-order valence-electron chi connectivity index (χ0n) is 17.9. The molecule has 8 heteroatoms. The molecule has 0 radical (unpaired) electrons. The normalized spacial score (nSPS) is 14.2. The average Bonchev–Trinajstić information content (AvgIpc) is 3.44. The first-order valence-corrected chi connectivity index (χ1v) is 11.9. The number of rotatable bonds is 10. The number of nitrogens with zero attached hydrogens (tertiary/aromatic N) is 3. The lowest BCUT2D eigenvalue weighted by Crippen LogP contribution is -2.18. The van der Waals surface area contributed by atoms with Crippen molar-refractivity contribution in [3.05, 3.63) is 75.4 Å². The number of furan rings is 1. The van der Waals surface area contributed by atoms with Crippen molar-refractivity contribution in [2.45, 2.75) is 38.5 Å². The van der Waals surface area contributed by atoms with E-state index in [9.17, 15) is 4.79 Å². The molecule has 7 nitrogen and oxygen atoms in total. The third-order valence-electron chi connectivity index (χ3n) is 5.32. The van der Waals surface area contributed by atoms with Crippen LogP contribution in [0.15, 0.2) is 45.9 Å². The molecule has 0 aliphatic carbocycles. The Morgan fingerprint density at radius 1 is 1.13 bits per heavy atom. The van der Waals surface area contributed by atoms with E-state index in [1.54, 1.807) is 24.2 Å². The highest BCUT2D eigenvalue weighted by Gasteiger charge is 2.13. The van der Waals surface area contributed by atoms with Crippen LogP contribution in [0.3, 0.4) is 0 Å². The first-order chi connectivity index (χ1) is 15.2. The van der Waals surface area contributed by atoms with Crippen LogP contribution in [0, 0.1) is 6.92 Å². The maximum absolute atomic E-state index is 12.3. The number of likely N-dealkylation sites (tertiary alicyclic amines) is 1. The van der Waals surface area contributed by atoms with Crippen molar-refractivity contribution in [3.63, 3.8) is 0 Å². The van der Waals surface area contributed by atoms with Gasteiger partial charge in [0.05, 0.1) is 12.3 Å². The Kier molecular flexibility index (Phi) is 7.43. The van der Waals surface area contributed by atoms with Crippen molar-refractivity contribution in [2.75, 3.05) is 30.7 Å². The summed E-state index contributed by atoms with van der Waals surface area (Å²) in [4.78, 5) is 26.2. The number of nitrogens with one attached hydrogen (secondary N) is 2. The number of hydrogen-bond acceptors (Lipinski definition) is 7. The number of H-pyrrole nitrogens is 1. The molecule has 4 heterocycles. The number of thioether (sulfide) groups is 1. The summed E-state index contributed by atoms with van der Waals surface area (Å²) in [7, 11) is 0. The highest BCUT2D eigenvalue weighted by Crippen LogP contribution is 2.18. The van der Waals surface area contributed by atoms with E-state index in [-0.39, 0.29) is 5.56 Å². The van der Waals surface area contributed by atoms with Crippen molar-refractivity contribution in [3.8, 4) is 0 Å². The van der Waals surface area contributed by atoms with Gasteiger partial charge in [0.2, 0.25) is 5.95 Å². The summed E-state index contributed by atoms with van der Waals surface area (Å²) < 4.78 is 5.95. The largest absolute Gasteiger partial charge is 0.464 e. The van der Waals surface area contributed by atoms with Crippen molar-refractivity contribution in [1.82, 2.24) is 19.9 Å². The zero-order valence-corrected chi connectivity index (χ0v) is 18.7. The van der Waals surface area contributed by atoms with Crippen LogP contribution < -0.4 is 10.9 Å². The van der Waals surface area contributed by atoms with E-state index in [1.165, 1.54) is 25.9 Å². The lowest BCUT2D eigenvalue weighted by molar-refractivity contribution is 0.294. The number of aryl methyl sites for hydroxylation is 1. The van der Waals surface area contributed by atoms with Gasteiger partial charge < -0.3 is 9.73 Å². The van der Waals surface area contributed by atoms with Gasteiger partial charge in [0.1, 0.15) is 11.5 Å². The molecule has 0 atom stereocenters. The van der Waals surface area contributed by atoms with Gasteiger partial charge >= 0.3 is 0 Å². The smallest absolute Gasteiger partial charge is 0.255 e. The fourth-order valence-electron chi connectivity index (χ4n) is 3.62. The van der Waals surface area contributed by atoms with E-state index in [0.717, 1.165) is 47.4 Å². The van der Waals surface area contributed by atoms with Gasteiger partial charge in [0.25, 0.3) is 5.56 Å². The monoisotopic (exact) mass is 439 g/mol. The molecule has 3 aromatic heterocycles. The molecule has 31 heavy (non-hydrogen) atoms. The molecule has 1 aliphatic heterocycles. The van der Waals surface area contributed by atoms with Crippen LogP contribution in [-0.4, -0.2) is 45.2 Å². The van der Waals surface area contributed by atoms with Gasteiger partial charge in [0, 0.05) is 42.4 Å². The minimum Gasteiger partial charge on any atom is -0.464 e. The Balaban J connectivity index is 1.17. The van der Waals surface area contributed by atoms with Crippen molar-refractivity contribution >= 4 is 17.7 Å². The number of anilines is 1. The number of aromatic amines is 1. The van der Waals surface area contributed by atoms with Gasteiger partial charge in [0.15, 0.2) is 0 Å². The van der Waals surface area contributed by atoms with Crippen molar-refractivity contribution < 1.29 is 4.42 Å². The topological polar surface area (TPSA) is 87.0 Å². The van der Waals surface area contributed by atoms with Crippen LogP contribution in [0.2, 0.25) is 0 Å².